The maximum Gasteiger partial charge on any atom is 0.154 e. The number of benzene rings is 2. The molecule has 1 atom stereocenters. The van der Waals surface area contributed by atoms with Crippen LogP contribution in [0.5, 0.6) is 0 Å². The van der Waals surface area contributed by atoms with Crippen LogP contribution in [0.15, 0.2) is 47.5 Å². The number of amidine groups is 1. The zero-order chi connectivity index (χ0) is 20.8. The van der Waals surface area contributed by atoms with E-state index in [0.29, 0.717) is 11.7 Å². The Morgan fingerprint density at radius 3 is 2.67 bits per heavy atom. The Morgan fingerprint density at radius 1 is 1.13 bits per heavy atom. The maximum atomic E-state index is 9.31. The molecular formula is C25H27N3OS. The smallest absolute Gasteiger partial charge is 0.154 e. The first-order valence-electron chi connectivity index (χ1n) is 10.7. The van der Waals surface area contributed by atoms with Crippen LogP contribution in [0.1, 0.15) is 48.8 Å². The van der Waals surface area contributed by atoms with Gasteiger partial charge in [0.2, 0.25) is 0 Å². The number of nitriles is 1. The molecule has 5 heteroatoms. The molecule has 2 aromatic rings. The minimum Gasteiger partial charge on any atom is -0.381 e. The molecule has 30 heavy (non-hydrogen) atoms. The summed E-state index contributed by atoms with van der Waals surface area (Å²) in [6, 6.07) is 16.9. The van der Waals surface area contributed by atoms with Crippen molar-refractivity contribution in [1.29, 1.82) is 5.26 Å². The largest absolute Gasteiger partial charge is 0.381 e. The van der Waals surface area contributed by atoms with Crippen molar-refractivity contribution in [2.45, 2.75) is 50.2 Å². The number of rotatable bonds is 2. The average Bonchev–Trinajstić information content (AvgIpc) is 3.02. The number of fused-ring (bicyclic) bond motifs is 3. The first kappa shape index (κ1) is 19.7. The summed E-state index contributed by atoms with van der Waals surface area (Å²) in [7, 11) is 1.83. The van der Waals surface area contributed by atoms with Crippen molar-refractivity contribution in [1.82, 2.24) is 0 Å². The first-order valence-corrected chi connectivity index (χ1v) is 11.7. The minimum atomic E-state index is -0.237. The third-order valence-corrected chi connectivity index (χ3v) is 8.32. The number of thioether (sulfide) groups is 1. The van der Waals surface area contributed by atoms with Crippen molar-refractivity contribution >= 4 is 16.9 Å². The van der Waals surface area contributed by atoms with E-state index in [1.807, 2.05) is 25.3 Å². The summed E-state index contributed by atoms with van der Waals surface area (Å²) in [5.74, 6) is 1.01. The molecule has 1 heterocycles. The van der Waals surface area contributed by atoms with Crippen LogP contribution in [0, 0.1) is 16.7 Å². The van der Waals surface area contributed by atoms with E-state index in [9.17, 15) is 5.26 Å². The number of hydrogen-bond acceptors (Lipinski definition) is 5. The lowest BCUT2D eigenvalue weighted by Crippen LogP contribution is -2.47. The van der Waals surface area contributed by atoms with E-state index in [0.717, 1.165) is 60.6 Å². The SMILES string of the molecule is COC1CCC2(CC1)Cc1ccc(-c3cccc(C#N)c3)cc1C21CCSC(N)=N1. The summed E-state index contributed by atoms with van der Waals surface area (Å²) in [6.45, 7) is 0. The fourth-order valence-electron chi connectivity index (χ4n) is 5.99. The quantitative estimate of drug-likeness (QED) is 0.746. The Bertz CT molecular complexity index is 1050. The first-order chi connectivity index (χ1) is 14.6. The van der Waals surface area contributed by atoms with Gasteiger partial charge in [-0.1, -0.05) is 36.0 Å². The normalized spacial score (nSPS) is 30.1. The van der Waals surface area contributed by atoms with E-state index in [1.54, 1.807) is 11.8 Å². The Kier molecular flexibility index (Phi) is 4.88. The molecule has 0 aromatic heterocycles. The van der Waals surface area contributed by atoms with Crippen LogP contribution >= 0.6 is 11.8 Å². The molecule has 3 aliphatic rings. The Labute approximate surface area is 182 Å². The number of methoxy groups -OCH3 is 1. The molecule has 1 fully saturated rings. The Balaban J connectivity index is 1.63. The Morgan fingerprint density at radius 2 is 1.93 bits per heavy atom. The third kappa shape index (κ3) is 2.97. The van der Waals surface area contributed by atoms with Crippen LogP contribution in [0.3, 0.4) is 0 Å². The van der Waals surface area contributed by atoms with Crippen LogP contribution in [0.2, 0.25) is 0 Å². The predicted molar refractivity (Wildman–Crippen MR) is 122 cm³/mol. The van der Waals surface area contributed by atoms with Gasteiger partial charge in [0.05, 0.1) is 23.3 Å². The van der Waals surface area contributed by atoms with Gasteiger partial charge in [0, 0.05) is 18.3 Å². The maximum absolute atomic E-state index is 9.31. The molecule has 1 saturated carbocycles. The van der Waals surface area contributed by atoms with E-state index in [-0.39, 0.29) is 11.0 Å². The Hall–Kier alpha value is -2.29. The van der Waals surface area contributed by atoms with Crippen molar-refractivity contribution in [2.75, 3.05) is 12.9 Å². The highest BCUT2D eigenvalue weighted by atomic mass is 32.2. The molecule has 0 saturated heterocycles. The van der Waals surface area contributed by atoms with Gasteiger partial charge in [-0.05, 0) is 79.0 Å². The van der Waals surface area contributed by atoms with E-state index >= 15 is 0 Å². The summed E-state index contributed by atoms with van der Waals surface area (Å²) >= 11 is 1.68. The number of nitrogens with two attached hydrogens (primary N) is 1. The average molecular weight is 418 g/mol. The lowest BCUT2D eigenvalue weighted by Gasteiger charge is -2.49. The van der Waals surface area contributed by atoms with E-state index < -0.39 is 0 Å². The number of hydrogen-bond donors (Lipinski definition) is 1. The van der Waals surface area contributed by atoms with Crippen molar-refractivity contribution in [3.63, 3.8) is 0 Å². The van der Waals surface area contributed by atoms with Gasteiger partial charge in [-0.2, -0.15) is 5.26 Å². The lowest BCUT2D eigenvalue weighted by atomic mass is 9.60. The fourth-order valence-corrected chi connectivity index (χ4v) is 6.82. The van der Waals surface area contributed by atoms with Gasteiger partial charge in [-0.3, -0.25) is 4.99 Å². The molecule has 2 spiro atoms. The monoisotopic (exact) mass is 417 g/mol. The van der Waals surface area contributed by atoms with Crippen LogP contribution in [0.4, 0.5) is 0 Å². The summed E-state index contributed by atoms with van der Waals surface area (Å²) in [6.07, 6.45) is 6.89. The highest BCUT2D eigenvalue weighted by molar-refractivity contribution is 8.13. The van der Waals surface area contributed by atoms with Crippen LogP contribution in [-0.2, 0) is 16.7 Å². The van der Waals surface area contributed by atoms with Gasteiger partial charge in [-0.25, -0.2) is 0 Å². The molecule has 4 nitrogen and oxygen atoms in total. The molecule has 1 unspecified atom stereocenters. The fraction of sp³-hybridized carbons (Fsp3) is 0.440. The third-order valence-electron chi connectivity index (χ3n) is 7.52. The van der Waals surface area contributed by atoms with Gasteiger partial charge in [0.25, 0.3) is 0 Å². The lowest BCUT2D eigenvalue weighted by molar-refractivity contribution is -0.00436. The second-order valence-corrected chi connectivity index (χ2v) is 9.98. The molecule has 154 valence electrons. The molecule has 0 bridgehead atoms. The number of nitrogens with zero attached hydrogens (tertiary/aromatic N) is 2. The van der Waals surface area contributed by atoms with Gasteiger partial charge >= 0.3 is 0 Å². The van der Waals surface area contributed by atoms with Crippen molar-refractivity contribution < 1.29 is 4.74 Å². The van der Waals surface area contributed by atoms with Gasteiger partial charge in [-0.15, -0.1) is 0 Å². The van der Waals surface area contributed by atoms with Crippen molar-refractivity contribution in [3.8, 4) is 17.2 Å². The molecule has 2 aliphatic carbocycles. The predicted octanol–water partition coefficient (Wildman–Crippen LogP) is 5.00. The van der Waals surface area contributed by atoms with Crippen molar-refractivity contribution in [2.24, 2.45) is 16.1 Å². The number of aliphatic imine (C=N–C) groups is 1. The van der Waals surface area contributed by atoms with Crippen molar-refractivity contribution in [3.05, 3.63) is 59.2 Å². The molecule has 0 radical (unpaired) electrons. The zero-order valence-corrected chi connectivity index (χ0v) is 18.2. The summed E-state index contributed by atoms with van der Waals surface area (Å²) in [5, 5.41) is 10.0. The molecule has 1 aliphatic heterocycles. The number of ether oxygens (including phenoxy) is 1. The minimum absolute atomic E-state index is 0.128. The molecule has 2 aromatic carbocycles. The van der Waals surface area contributed by atoms with Crippen LogP contribution in [-0.4, -0.2) is 24.1 Å². The summed E-state index contributed by atoms with van der Waals surface area (Å²) in [5.41, 5.74) is 11.9. The zero-order valence-electron chi connectivity index (χ0n) is 17.4. The van der Waals surface area contributed by atoms with Crippen LogP contribution in [0.25, 0.3) is 11.1 Å². The second-order valence-electron chi connectivity index (χ2n) is 8.87. The summed E-state index contributed by atoms with van der Waals surface area (Å²) < 4.78 is 5.68. The molecule has 5 rings (SSSR count). The molecule has 0 amide bonds. The summed E-state index contributed by atoms with van der Waals surface area (Å²) in [4.78, 5) is 5.22. The van der Waals surface area contributed by atoms with Gasteiger partial charge in [0.15, 0.2) is 5.17 Å². The van der Waals surface area contributed by atoms with E-state index in [1.165, 1.54) is 11.1 Å². The molecule has 2 N–H and O–H groups in total. The topological polar surface area (TPSA) is 71.4 Å². The molecular weight excluding hydrogens is 390 g/mol. The standard InChI is InChI=1S/C25H27N3OS/c1-29-21-7-9-24(10-8-21)15-20-6-5-19(18-4-2-3-17(13-18)16-26)14-22(20)25(24)11-12-30-23(27)28-25/h2-6,13-14,21H,7-12,15H2,1H3,(H2,27,28). The van der Waals surface area contributed by atoms with E-state index in [2.05, 4.69) is 30.3 Å². The van der Waals surface area contributed by atoms with Gasteiger partial charge < -0.3 is 10.5 Å². The highest BCUT2D eigenvalue weighted by Crippen LogP contribution is 2.63. The van der Waals surface area contributed by atoms with Gasteiger partial charge in [0.1, 0.15) is 0 Å². The van der Waals surface area contributed by atoms with E-state index in [4.69, 9.17) is 15.5 Å². The second kappa shape index (κ2) is 7.44. The highest BCUT2D eigenvalue weighted by Gasteiger charge is 2.59. The van der Waals surface area contributed by atoms with Crippen LogP contribution < -0.4 is 5.73 Å².